The molecule has 2 aromatic rings. The zero-order valence-corrected chi connectivity index (χ0v) is 8.44. The number of hydrogen-bond donors (Lipinski definition) is 1. The summed E-state index contributed by atoms with van der Waals surface area (Å²) in [6, 6.07) is 0.908. The molecule has 0 saturated carbocycles. The minimum absolute atomic E-state index is 0.00574. The number of nitrogens with two attached hydrogens (primary N) is 1. The van der Waals surface area contributed by atoms with Crippen LogP contribution in [-0.2, 0) is 6.18 Å². The van der Waals surface area contributed by atoms with Gasteiger partial charge in [-0.1, -0.05) is 0 Å². The Hall–Kier alpha value is -2.18. The fraction of sp³-hybridized carbons (Fsp3) is 0.100. The Morgan fingerprint density at radius 1 is 1.06 bits per heavy atom. The number of halogens is 3. The molecular formula is C10H7F3N4. The number of alkyl halides is 3. The smallest absolute Gasteiger partial charge is 0.368 e. The van der Waals surface area contributed by atoms with Crippen molar-refractivity contribution in [1.29, 1.82) is 0 Å². The van der Waals surface area contributed by atoms with Crippen LogP contribution in [0.4, 0.5) is 19.1 Å². The average molecular weight is 240 g/mol. The van der Waals surface area contributed by atoms with Gasteiger partial charge < -0.3 is 5.73 Å². The fourth-order valence-electron chi connectivity index (χ4n) is 1.35. The predicted octanol–water partition coefficient (Wildman–Crippen LogP) is 2.14. The maximum atomic E-state index is 12.7. The van der Waals surface area contributed by atoms with E-state index in [1.165, 1.54) is 12.4 Å². The summed E-state index contributed by atoms with van der Waals surface area (Å²) in [5.41, 5.74) is 4.64. The summed E-state index contributed by atoms with van der Waals surface area (Å²) >= 11 is 0. The molecule has 7 heteroatoms. The molecular weight excluding hydrogens is 233 g/mol. The maximum Gasteiger partial charge on any atom is 0.417 e. The first-order valence-electron chi connectivity index (χ1n) is 4.57. The number of rotatable bonds is 1. The molecule has 0 aliphatic carbocycles. The SMILES string of the molecule is Nc1ncc(-c2cnccc2C(F)(F)F)cn1. The molecule has 0 bridgehead atoms. The van der Waals surface area contributed by atoms with Gasteiger partial charge in [0.2, 0.25) is 5.95 Å². The number of nitrogen functional groups attached to an aromatic ring is 1. The second kappa shape index (κ2) is 4.00. The molecule has 2 rings (SSSR count). The van der Waals surface area contributed by atoms with Crippen LogP contribution in [0.15, 0.2) is 30.9 Å². The summed E-state index contributed by atoms with van der Waals surface area (Å²) in [5, 5.41) is 0. The largest absolute Gasteiger partial charge is 0.417 e. The van der Waals surface area contributed by atoms with Crippen molar-refractivity contribution in [2.45, 2.75) is 6.18 Å². The van der Waals surface area contributed by atoms with Gasteiger partial charge in [0.15, 0.2) is 0 Å². The number of aromatic nitrogens is 3. The Labute approximate surface area is 94.3 Å². The molecule has 0 aliphatic heterocycles. The van der Waals surface area contributed by atoms with Crippen LogP contribution in [-0.4, -0.2) is 15.0 Å². The lowest BCUT2D eigenvalue weighted by Crippen LogP contribution is -2.07. The van der Waals surface area contributed by atoms with Gasteiger partial charge in [0.1, 0.15) is 0 Å². The molecule has 88 valence electrons. The quantitative estimate of drug-likeness (QED) is 0.829. The lowest BCUT2D eigenvalue weighted by molar-refractivity contribution is -0.137. The van der Waals surface area contributed by atoms with Gasteiger partial charge >= 0.3 is 6.18 Å². The van der Waals surface area contributed by atoms with E-state index in [9.17, 15) is 13.2 Å². The van der Waals surface area contributed by atoms with Gasteiger partial charge in [0.25, 0.3) is 0 Å². The molecule has 0 fully saturated rings. The van der Waals surface area contributed by atoms with Crippen LogP contribution in [0.3, 0.4) is 0 Å². The molecule has 4 nitrogen and oxygen atoms in total. The molecule has 17 heavy (non-hydrogen) atoms. The monoisotopic (exact) mass is 240 g/mol. The number of pyridine rings is 1. The van der Waals surface area contributed by atoms with Crippen molar-refractivity contribution in [3.63, 3.8) is 0 Å². The highest BCUT2D eigenvalue weighted by Crippen LogP contribution is 2.35. The summed E-state index contributed by atoms with van der Waals surface area (Å²) in [5.74, 6) is 0.00574. The van der Waals surface area contributed by atoms with Crippen LogP contribution in [0.1, 0.15) is 5.56 Å². The van der Waals surface area contributed by atoms with Crippen molar-refractivity contribution in [2.24, 2.45) is 0 Å². The zero-order chi connectivity index (χ0) is 12.5. The van der Waals surface area contributed by atoms with E-state index in [0.29, 0.717) is 0 Å². The fourth-order valence-corrected chi connectivity index (χ4v) is 1.35. The van der Waals surface area contributed by atoms with Crippen LogP contribution in [0.5, 0.6) is 0 Å². The Morgan fingerprint density at radius 3 is 2.29 bits per heavy atom. The second-order valence-corrected chi connectivity index (χ2v) is 3.25. The molecule has 0 radical (unpaired) electrons. The number of hydrogen-bond acceptors (Lipinski definition) is 4. The van der Waals surface area contributed by atoms with E-state index < -0.39 is 11.7 Å². The van der Waals surface area contributed by atoms with E-state index in [0.717, 1.165) is 18.5 Å². The summed E-state index contributed by atoms with van der Waals surface area (Å²) in [6.07, 6.45) is 0.227. The van der Waals surface area contributed by atoms with Gasteiger partial charge in [-0.3, -0.25) is 4.98 Å². The maximum absolute atomic E-state index is 12.7. The highest BCUT2D eigenvalue weighted by Gasteiger charge is 2.33. The van der Waals surface area contributed by atoms with Gasteiger partial charge in [0, 0.05) is 35.9 Å². The normalized spacial score (nSPS) is 11.5. The summed E-state index contributed by atoms with van der Waals surface area (Å²) in [6.45, 7) is 0. The minimum Gasteiger partial charge on any atom is -0.368 e. The number of nitrogens with zero attached hydrogens (tertiary/aromatic N) is 3. The molecule has 2 N–H and O–H groups in total. The third-order valence-electron chi connectivity index (χ3n) is 2.11. The van der Waals surface area contributed by atoms with Crippen LogP contribution in [0.25, 0.3) is 11.1 Å². The second-order valence-electron chi connectivity index (χ2n) is 3.25. The van der Waals surface area contributed by atoms with Crippen LogP contribution in [0.2, 0.25) is 0 Å². The molecule has 0 atom stereocenters. The van der Waals surface area contributed by atoms with E-state index in [1.807, 2.05) is 0 Å². The highest BCUT2D eigenvalue weighted by atomic mass is 19.4. The first kappa shape index (κ1) is 11.3. The predicted molar refractivity (Wildman–Crippen MR) is 54.7 cm³/mol. The number of anilines is 1. The Morgan fingerprint density at radius 2 is 1.71 bits per heavy atom. The standard InChI is InChI=1S/C10H7F3N4/c11-10(12,13)8-1-2-15-5-7(8)6-3-16-9(14)17-4-6/h1-5H,(H2,14,16,17). The van der Waals surface area contributed by atoms with Crippen molar-refractivity contribution in [3.05, 3.63) is 36.4 Å². The summed E-state index contributed by atoms with van der Waals surface area (Å²) < 4.78 is 38.2. The van der Waals surface area contributed by atoms with Crippen LogP contribution in [0, 0.1) is 0 Å². The summed E-state index contributed by atoms with van der Waals surface area (Å²) in [7, 11) is 0. The van der Waals surface area contributed by atoms with Crippen molar-refractivity contribution in [2.75, 3.05) is 5.73 Å². The molecule has 0 unspecified atom stereocenters. The van der Waals surface area contributed by atoms with E-state index in [1.54, 1.807) is 0 Å². The Balaban J connectivity index is 2.56. The average Bonchev–Trinajstić information content (AvgIpc) is 2.29. The van der Waals surface area contributed by atoms with Crippen molar-refractivity contribution in [3.8, 4) is 11.1 Å². The highest BCUT2D eigenvalue weighted by molar-refractivity contribution is 5.65. The Kier molecular flexibility index (Phi) is 2.66. The van der Waals surface area contributed by atoms with Gasteiger partial charge in [-0.25, -0.2) is 9.97 Å². The van der Waals surface area contributed by atoms with Crippen molar-refractivity contribution < 1.29 is 13.2 Å². The Bertz CT molecular complexity index is 522. The molecule has 2 aromatic heterocycles. The molecule has 2 heterocycles. The van der Waals surface area contributed by atoms with Gasteiger partial charge in [-0.15, -0.1) is 0 Å². The molecule has 0 aliphatic rings. The van der Waals surface area contributed by atoms with Gasteiger partial charge in [-0.05, 0) is 6.07 Å². The van der Waals surface area contributed by atoms with Crippen LogP contribution < -0.4 is 5.73 Å². The van der Waals surface area contributed by atoms with Crippen LogP contribution >= 0.6 is 0 Å². The first-order chi connectivity index (χ1) is 7.98. The van der Waals surface area contributed by atoms with E-state index in [-0.39, 0.29) is 17.1 Å². The summed E-state index contributed by atoms with van der Waals surface area (Å²) in [4.78, 5) is 11.0. The van der Waals surface area contributed by atoms with Gasteiger partial charge in [0.05, 0.1) is 5.56 Å². The van der Waals surface area contributed by atoms with E-state index in [2.05, 4.69) is 15.0 Å². The third-order valence-corrected chi connectivity index (χ3v) is 2.11. The molecule has 0 amide bonds. The molecule has 0 aromatic carbocycles. The molecule has 0 saturated heterocycles. The lowest BCUT2D eigenvalue weighted by atomic mass is 10.1. The van der Waals surface area contributed by atoms with Crippen molar-refractivity contribution >= 4 is 5.95 Å². The zero-order valence-electron chi connectivity index (χ0n) is 8.44. The van der Waals surface area contributed by atoms with Crippen molar-refractivity contribution in [1.82, 2.24) is 15.0 Å². The van der Waals surface area contributed by atoms with Gasteiger partial charge in [-0.2, -0.15) is 13.2 Å². The lowest BCUT2D eigenvalue weighted by Gasteiger charge is -2.11. The topological polar surface area (TPSA) is 64.7 Å². The third kappa shape index (κ3) is 2.32. The molecule has 0 spiro atoms. The minimum atomic E-state index is -4.44. The van der Waals surface area contributed by atoms with E-state index in [4.69, 9.17) is 5.73 Å². The van der Waals surface area contributed by atoms with E-state index >= 15 is 0 Å². The first-order valence-corrected chi connectivity index (χ1v) is 4.57.